The molecular weight excluding hydrogens is 529 g/mol. The lowest BCUT2D eigenvalue weighted by atomic mass is 9.87. The Morgan fingerprint density at radius 3 is 2.68 bits per heavy atom. The minimum atomic E-state index is -1.13. The number of methoxy groups -OCH3 is 2. The number of nitrogens with one attached hydrogen (secondary N) is 2. The van der Waals surface area contributed by atoms with Gasteiger partial charge in [0.25, 0.3) is 0 Å². The smallest absolute Gasteiger partial charge is 0.326 e. The number of carbonyl (C=O) groups is 2. The number of aromatic nitrogens is 2. The van der Waals surface area contributed by atoms with Crippen molar-refractivity contribution in [3.05, 3.63) is 47.3 Å². The summed E-state index contributed by atoms with van der Waals surface area (Å²) < 4.78 is 23.9. The van der Waals surface area contributed by atoms with Crippen LogP contribution in [-0.2, 0) is 32.6 Å². The summed E-state index contributed by atoms with van der Waals surface area (Å²) in [5.74, 6) is -0.238. The Hall–Kier alpha value is -3.31. The van der Waals surface area contributed by atoms with Crippen molar-refractivity contribution in [2.24, 2.45) is 0 Å². The molecule has 1 aliphatic heterocycles. The average Bonchev–Trinajstić information content (AvgIpc) is 2.99. The van der Waals surface area contributed by atoms with Crippen LogP contribution in [-0.4, -0.2) is 91.1 Å². The molecule has 0 saturated carbocycles. The van der Waals surface area contributed by atoms with Crippen molar-refractivity contribution in [1.82, 2.24) is 20.2 Å². The van der Waals surface area contributed by atoms with E-state index in [1.54, 1.807) is 32.0 Å². The molecule has 0 aliphatic carbocycles. The van der Waals surface area contributed by atoms with Crippen LogP contribution in [0.25, 0.3) is 0 Å². The summed E-state index contributed by atoms with van der Waals surface area (Å²) in [6, 6.07) is 8.23. The van der Waals surface area contributed by atoms with Gasteiger partial charge in [-0.25, -0.2) is 19.2 Å². The third kappa shape index (κ3) is 9.36. The number of hydrogen-bond donors (Lipinski definition) is 3. The van der Waals surface area contributed by atoms with E-state index in [1.807, 2.05) is 4.90 Å². The lowest BCUT2D eigenvalue weighted by Gasteiger charge is -2.29. The van der Waals surface area contributed by atoms with Crippen molar-refractivity contribution in [3.63, 3.8) is 0 Å². The first kappa shape index (κ1) is 32.2. The first-order valence-electron chi connectivity index (χ1n) is 14.3. The molecule has 11 heteroatoms. The lowest BCUT2D eigenvalue weighted by molar-refractivity contribution is -0.143. The van der Waals surface area contributed by atoms with E-state index in [1.165, 1.54) is 19.8 Å². The maximum absolute atomic E-state index is 13.5. The fourth-order valence-corrected chi connectivity index (χ4v) is 4.82. The molecule has 226 valence electrons. The van der Waals surface area contributed by atoms with Gasteiger partial charge in [0.15, 0.2) is 0 Å². The van der Waals surface area contributed by atoms with Crippen LogP contribution in [0.1, 0.15) is 56.5 Å². The highest BCUT2D eigenvalue weighted by atomic mass is 19.1. The van der Waals surface area contributed by atoms with Gasteiger partial charge in [0.05, 0.1) is 24.3 Å². The van der Waals surface area contributed by atoms with Gasteiger partial charge in [0.2, 0.25) is 11.8 Å². The fourth-order valence-electron chi connectivity index (χ4n) is 4.82. The molecule has 0 bridgehead atoms. The van der Waals surface area contributed by atoms with Crippen LogP contribution in [0, 0.1) is 0 Å². The second kappa shape index (κ2) is 15.6. The molecule has 10 nitrogen and oxygen atoms in total. The Morgan fingerprint density at radius 1 is 1.17 bits per heavy atom. The second-order valence-electron chi connectivity index (χ2n) is 11.0. The predicted octanol–water partition coefficient (Wildman–Crippen LogP) is 3.39. The van der Waals surface area contributed by atoms with Gasteiger partial charge in [-0.2, -0.15) is 0 Å². The van der Waals surface area contributed by atoms with Crippen LogP contribution >= 0.6 is 0 Å². The molecule has 0 radical (unpaired) electrons. The van der Waals surface area contributed by atoms with Gasteiger partial charge in [-0.1, -0.05) is 12.1 Å². The number of aryl methyl sites for hydroxylation is 2. The quantitative estimate of drug-likeness (QED) is 0.244. The molecule has 3 N–H and O–H groups in total. The minimum Gasteiger partial charge on any atom is -0.481 e. The monoisotopic (exact) mass is 573 g/mol. The van der Waals surface area contributed by atoms with Gasteiger partial charge >= 0.3 is 5.97 Å². The third-order valence-electron chi connectivity index (χ3n) is 7.55. The van der Waals surface area contributed by atoms with Crippen molar-refractivity contribution in [3.8, 4) is 5.88 Å². The van der Waals surface area contributed by atoms with E-state index in [4.69, 9.17) is 14.5 Å². The number of pyridine rings is 2. The van der Waals surface area contributed by atoms with Gasteiger partial charge in [0, 0.05) is 38.5 Å². The van der Waals surface area contributed by atoms with Crippen LogP contribution in [0.4, 0.5) is 10.2 Å². The zero-order valence-corrected chi connectivity index (χ0v) is 24.6. The van der Waals surface area contributed by atoms with Crippen LogP contribution < -0.4 is 15.4 Å². The van der Waals surface area contributed by atoms with Crippen molar-refractivity contribution in [2.75, 3.05) is 52.4 Å². The van der Waals surface area contributed by atoms with E-state index < -0.39 is 36.1 Å². The molecule has 1 aliphatic rings. The Kier molecular flexibility index (Phi) is 12.3. The van der Waals surface area contributed by atoms with Gasteiger partial charge in [-0.15, -0.1) is 0 Å². The number of carboxylic acid groups (broad SMARTS) is 1. The van der Waals surface area contributed by atoms with Crippen molar-refractivity contribution in [2.45, 2.75) is 69.9 Å². The Labute approximate surface area is 242 Å². The van der Waals surface area contributed by atoms with Gasteiger partial charge in [-0.05, 0) is 76.6 Å². The Morgan fingerprint density at radius 2 is 1.98 bits per heavy atom. The number of fused-ring (bicyclic) bond motifs is 1. The Balaban J connectivity index is 1.57. The number of alkyl halides is 1. The number of halogens is 1. The van der Waals surface area contributed by atoms with E-state index in [0.29, 0.717) is 31.2 Å². The first-order chi connectivity index (χ1) is 19.7. The van der Waals surface area contributed by atoms with Gasteiger partial charge < -0.3 is 30.1 Å². The third-order valence-corrected chi connectivity index (χ3v) is 7.55. The van der Waals surface area contributed by atoms with E-state index in [9.17, 15) is 19.1 Å². The number of ether oxygens (including phenoxy) is 2. The molecule has 2 atom stereocenters. The second-order valence-corrected chi connectivity index (χ2v) is 11.0. The number of aliphatic carboxylic acids is 1. The summed E-state index contributed by atoms with van der Waals surface area (Å²) in [5, 5.41) is 15.9. The zero-order valence-electron chi connectivity index (χ0n) is 24.6. The number of unbranched alkanes of at least 4 members (excludes halogenated alkanes) is 1. The number of carbonyl (C=O) groups excluding carboxylic acids is 1. The number of rotatable bonds is 17. The van der Waals surface area contributed by atoms with E-state index in [2.05, 4.69) is 27.8 Å². The standard InChI is InChI=1S/C30H44FN5O5/c1-30(2,25-11-7-12-26(35-25)41-4)29(39)34-24(28(37)38)15-18-36(20-23(19-31)40-3)17-6-5-10-22-14-13-21-9-8-16-32-27(21)33-22/h7,11-14,23-24H,5-6,8-10,15-20H2,1-4H3,(H,32,33)(H,34,39)(H,37,38). The molecule has 2 unspecified atom stereocenters. The number of carboxylic acids is 1. The lowest BCUT2D eigenvalue weighted by Crippen LogP contribution is -2.50. The molecule has 0 saturated heterocycles. The molecule has 3 rings (SSSR count). The van der Waals surface area contributed by atoms with Crippen molar-refractivity contribution in [1.29, 1.82) is 0 Å². The maximum Gasteiger partial charge on any atom is 0.326 e. The summed E-state index contributed by atoms with van der Waals surface area (Å²) in [6.45, 7) is 5.01. The van der Waals surface area contributed by atoms with Crippen molar-refractivity contribution >= 4 is 17.7 Å². The number of anilines is 1. The molecule has 0 spiro atoms. The summed E-state index contributed by atoms with van der Waals surface area (Å²) in [4.78, 5) is 36.4. The van der Waals surface area contributed by atoms with Crippen LogP contribution in [0.3, 0.4) is 0 Å². The number of hydrogen-bond acceptors (Lipinski definition) is 8. The van der Waals surface area contributed by atoms with Crippen LogP contribution in [0.2, 0.25) is 0 Å². The van der Waals surface area contributed by atoms with E-state index in [-0.39, 0.29) is 6.42 Å². The maximum atomic E-state index is 13.5. The molecule has 41 heavy (non-hydrogen) atoms. The fraction of sp³-hybridized carbons (Fsp3) is 0.600. The van der Waals surface area contributed by atoms with Crippen LogP contribution in [0.5, 0.6) is 5.88 Å². The summed E-state index contributed by atoms with van der Waals surface area (Å²) >= 11 is 0. The first-order valence-corrected chi connectivity index (χ1v) is 14.3. The summed E-state index contributed by atoms with van der Waals surface area (Å²) in [5.41, 5.74) is 1.67. The SMILES string of the molecule is COc1cccc(C(C)(C)C(=O)NC(CCN(CCCCc2ccc3c(n2)NCCC3)CC(CF)OC)C(=O)O)n1. The average molecular weight is 574 g/mol. The van der Waals surface area contributed by atoms with Gasteiger partial charge in [-0.3, -0.25) is 4.79 Å². The molecule has 0 aromatic carbocycles. The predicted molar refractivity (Wildman–Crippen MR) is 155 cm³/mol. The highest BCUT2D eigenvalue weighted by Gasteiger charge is 2.34. The van der Waals surface area contributed by atoms with E-state index >= 15 is 0 Å². The molecule has 1 amide bonds. The minimum absolute atomic E-state index is 0.156. The zero-order chi connectivity index (χ0) is 29.8. The van der Waals surface area contributed by atoms with E-state index in [0.717, 1.165) is 50.2 Å². The highest BCUT2D eigenvalue weighted by molar-refractivity contribution is 5.90. The topological polar surface area (TPSA) is 126 Å². The molecule has 2 aromatic rings. The van der Waals surface area contributed by atoms with Gasteiger partial charge in [0.1, 0.15) is 18.5 Å². The molecule has 3 heterocycles. The van der Waals surface area contributed by atoms with Crippen molar-refractivity contribution < 1.29 is 28.6 Å². The number of amides is 1. The summed E-state index contributed by atoms with van der Waals surface area (Å²) in [6.07, 6.45) is 4.25. The summed E-state index contributed by atoms with van der Waals surface area (Å²) in [7, 11) is 2.96. The molecule has 0 fully saturated rings. The largest absolute Gasteiger partial charge is 0.481 e. The number of nitrogens with zero attached hydrogens (tertiary/aromatic N) is 3. The Bertz CT molecular complexity index is 1140. The molecular formula is C30H44FN5O5. The normalized spacial score (nSPS) is 14.6. The highest BCUT2D eigenvalue weighted by Crippen LogP contribution is 2.24. The van der Waals surface area contributed by atoms with Crippen LogP contribution in [0.15, 0.2) is 30.3 Å². The molecule has 2 aromatic heterocycles.